The molecular weight excluding hydrogens is 262 g/mol. The van der Waals surface area contributed by atoms with Crippen molar-refractivity contribution in [3.05, 3.63) is 73.0 Å². The molecule has 19 heavy (non-hydrogen) atoms. The molecule has 0 aliphatic heterocycles. The van der Waals surface area contributed by atoms with Gasteiger partial charge in [0.25, 0.3) is 15.5 Å². The third kappa shape index (κ3) is 3.51. The van der Waals surface area contributed by atoms with Crippen LogP contribution in [0.4, 0.5) is 8.78 Å². The van der Waals surface area contributed by atoms with Crippen molar-refractivity contribution in [3.63, 3.8) is 0 Å². The summed E-state index contributed by atoms with van der Waals surface area (Å²) in [5, 5.41) is 1.91. The Morgan fingerprint density at radius 2 is 1.32 bits per heavy atom. The number of benzene rings is 2. The maximum absolute atomic E-state index is 12.6. The number of hydrogen-bond donors (Lipinski definition) is 0. The van der Waals surface area contributed by atoms with Crippen LogP contribution in [0.25, 0.3) is 0 Å². The number of allylic oxidation sites excluding steroid dienone is 1. The highest BCUT2D eigenvalue weighted by Crippen LogP contribution is 2.09. The summed E-state index contributed by atoms with van der Waals surface area (Å²) in [4.78, 5) is 0. The minimum atomic E-state index is -2.65. The fourth-order valence-electron chi connectivity index (χ4n) is 1.79. The molecule has 0 bridgehead atoms. The van der Waals surface area contributed by atoms with E-state index >= 15 is 0 Å². The summed E-state index contributed by atoms with van der Waals surface area (Å²) in [6.45, 7) is 3.31. The lowest BCUT2D eigenvalue weighted by molar-refractivity contribution is 0.139. The van der Waals surface area contributed by atoms with Crippen LogP contribution in [0.2, 0.25) is 0 Å². The van der Waals surface area contributed by atoms with Gasteiger partial charge < -0.3 is 4.43 Å². The predicted octanol–water partition coefficient (Wildman–Crippen LogP) is 2.32. The van der Waals surface area contributed by atoms with Crippen LogP contribution in [-0.2, 0) is 4.43 Å². The molecule has 0 radical (unpaired) electrons. The van der Waals surface area contributed by atoms with Gasteiger partial charge in [-0.2, -0.15) is 0 Å². The van der Waals surface area contributed by atoms with E-state index in [-0.39, 0.29) is 0 Å². The molecule has 0 unspecified atom stereocenters. The molecule has 0 spiro atoms. The van der Waals surface area contributed by atoms with Crippen LogP contribution in [0.5, 0.6) is 0 Å². The van der Waals surface area contributed by atoms with Crippen molar-refractivity contribution in [2.75, 3.05) is 0 Å². The molecule has 2 aromatic rings. The van der Waals surface area contributed by atoms with Gasteiger partial charge in [0, 0.05) is 0 Å². The summed E-state index contributed by atoms with van der Waals surface area (Å²) in [7, 11) is -2.14. The molecule has 0 atom stereocenters. The zero-order valence-electron chi connectivity index (χ0n) is 10.3. The van der Waals surface area contributed by atoms with Crippen molar-refractivity contribution in [3.8, 4) is 0 Å². The zero-order valence-corrected chi connectivity index (χ0v) is 11.5. The highest BCUT2D eigenvalue weighted by atomic mass is 28.3. The van der Waals surface area contributed by atoms with Gasteiger partial charge >= 0.3 is 0 Å². The molecule has 0 amide bonds. The van der Waals surface area contributed by atoms with Crippen molar-refractivity contribution in [2.24, 2.45) is 0 Å². The second kappa shape index (κ2) is 6.29. The first-order chi connectivity index (χ1) is 9.18. The fraction of sp³-hybridized carbons (Fsp3) is 0.0667. The Morgan fingerprint density at radius 3 is 1.68 bits per heavy atom. The van der Waals surface area contributed by atoms with Crippen LogP contribution in [0.3, 0.4) is 0 Å². The van der Waals surface area contributed by atoms with Crippen molar-refractivity contribution >= 4 is 19.4 Å². The Hall–Kier alpha value is -1.94. The molecule has 98 valence electrons. The number of hydrogen-bond acceptors (Lipinski definition) is 1. The highest BCUT2D eigenvalue weighted by Gasteiger charge is 2.22. The Balaban J connectivity index is 2.32. The minimum absolute atomic E-state index is 0.454. The van der Waals surface area contributed by atoms with Gasteiger partial charge in [0.1, 0.15) is 5.76 Å². The molecule has 0 aliphatic rings. The molecule has 0 saturated carbocycles. The molecule has 4 heteroatoms. The van der Waals surface area contributed by atoms with E-state index in [4.69, 9.17) is 4.43 Å². The van der Waals surface area contributed by atoms with E-state index in [1.807, 2.05) is 60.7 Å². The summed E-state index contributed by atoms with van der Waals surface area (Å²) < 4.78 is 30.7. The molecule has 0 heterocycles. The number of alkyl halides is 2. The second-order valence-corrected chi connectivity index (χ2v) is 6.42. The Labute approximate surface area is 112 Å². The molecule has 0 aliphatic carbocycles. The predicted molar refractivity (Wildman–Crippen MR) is 75.5 cm³/mol. The molecule has 0 N–H and O–H groups in total. The third-order valence-electron chi connectivity index (χ3n) is 2.72. The average molecular weight is 276 g/mol. The first-order valence-corrected chi connectivity index (χ1v) is 7.54. The van der Waals surface area contributed by atoms with E-state index in [1.54, 1.807) is 0 Å². The Bertz CT molecular complexity index is 489. The summed E-state index contributed by atoms with van der Waals surface area (Å²) in [6.07, 6.45) is -2.65. The quantitative estimate of drug-likeness (QED) is 0.601. The molecule has 2 rings (SSSR count). The van der Waals surface area contributed by atoms with Crippen LogP contribution in [0.15, 0.2) is 73.0 Å². The van der Waals surface area contributed by atoms with Crippen molar-refractivity contribution in [1.29, 1.82) is 0 Å². The third-order valence-corrected chi connectivity index (χ3v) is 5.24. The SMILES string of the molecule is C=C(O[SiH](c1ccccc1)c1ccccc1)C(F)F. The summed E-state index contributed by atoms with van der Waals surface area (Å²) in [5.74, 6) is -0.454. The first-order valence-electron chi connectivity index (χ1n) is 5.92. The zero-order chi connectivity index (χ0) is 13.7. The molecule has 0 aromatic heterocycles. The van der Waals surface area contributed by atoms with Crippen molar-refractivity contribution < 1.29 is 13.2 Å². The Morgan fingerprint density at radius 1 is 0.895 bits per heavy atom. The lowest BCUT2D eigenvalue weighted by atomic mass is 10.4. The van der Waals surface area contributed by atoms with E-state index < -0.39 is 21.2 Å². The second-order valence-electron chi connectivity index (χ2n) is 4.09. The normalized spacial score (nSPS) is 10.7. The van der Waals surface area contributed by atoms with E-state index in [0.29, 0.717) is 0 Å². The monoisotopic (exact) mass is 276 g/mol. The van der Waals surface area contributed by atoms with E-state index in [2.05, 4.69) is 6.58 Å². The maximum atomic E-state index is 12.6. The van der Waals surface area contributed by atoms with Gasteiger partial charge in [-0.15, -0.1) is 0 Å². The molecular formula is C15H14F2OSi. The van der Waals surface area contributed by atoms with Crippen LogP contribution in [0.1, 0.15) is 0 Å². The van der Waals surface area contributed by atoms with E-state index in [0.717, 1.165) is 10.4 Å². The number of rotatable bonds is 5. The molecule has 2 aromatic carbocycles. The van der Waals surface area contributed by atoms with Crippen molar-refractivity contribution in [1.82, 2.24) is 0 Å². The van der Waals surface area contributed by atoms with Crippen molar-refractivity contribution in [2.45, 2.75) is 6.43 Å². The van der Waals surface area contributed by atoms with Gasteiger partial charge in [0.05, 0.1) is 0 Å². The van der Waals surface area contributed by atoms with Gasteiger partial charge in [-0.3, -0.25) is 0 Å². The molecule has 0 saturated heterocycles. The standard InChI is InChI=1S/C15H14F2OSi/c1-12(15(16)17)18-19(13-8-4-2-5-9-13)14-10-6-3-7-11-14/h2-11,15,19H,1H2. The van der Waals surface area contributed by atoms with Crippen LogP contribution >= 0.6 is 0 Å². The van der Waals surface area contributed by atoms with Gasteiger partial charge in [-0.05, 0) is 10.4 Å². The smallest absolute Gasteiger partial charge is 0.298 e. The summed E-state index contributed by atoms with van der Waals surface area (Å²) in [6, 6.07) is 18.9. The minimum Gasteiger partial charge on any atom is -0.537 e. The molecule has 1 nitrogen and oxygen atoms in total. The maximum Gasteiger partial charge on any atom is 0.298 e. The van der Waals surface area contributed by atoms with E-state index in [1.165, 1.54) is 0 Å². The topological polar surface area (TPSA) is 9.23 Å². The van der Waals surface area contributed by atoms with Gasteiger partial charge in [0.2, 0.25) is 0 Å². The van der Waals surface area contributed by atoms with Gasteiger partial charge in [0.15, 0.2) is 0 Å². The number of halogens is 2. The average Bonchev–Trinajstić information content (AvgIpc) is 2.46. The highest BCUT2D eigenvalue weighted by molar-refractivity contribution is 6.80. The van der Waals surface area contributed by atoms with Gasteiger partial charge in [-0.25, -0.2) is 8.78 Å². The van der Waals surface area contributed by atoms with Gasteiger partial charge in [-0.1, -0.05) is 67.2 Å². The van der Waals surface area contributed by atoms with E-state index in [9.17, 15) is 8.78 Å². The summed E-state index contributed by atoms with van der Waals surface area (Å²) >= 11 is 0. The Kier molecular flexibility index (Phi) is 4.47. The first kappa shape index (κ1) is 13.5. The fourth-order valence-corrected chi connectivity index (χ4v) is 3.99. The lowest BCUT2D eigenvalue weighted by Gasteiger charge is -2.19. The van der Waals surface area contributed by atoms with Crippen LogP contribution < -0.4 is 10.4 Å². The summed E-state index contributed by atoms with van der Waals surface area (Å²) in [5.41, 5.74) is 0. The lowest BCUT2D eigenvalue weighted by Crippen LogP contribution is -2.45. The van der Waals surface area contributed by atoms with Crippen LogP contribution in [-0.4, -0.2) is 15.5 Å². The largest absolute Gasteiger partial charge is 0.537 e. The molecule has 0 fully saturated rings. The van der Waals surface area contributed by atoms with Crippen LogP contribution in [0, 0.1) is 0 Å².